The summed E-state index contributed by atoms with van der Waals surface area (Å²) < 4.78 is 1.91. The van der Waals surface area contributed by atoms with Crippen molar-refractivity contribution in [3.8, 4) is 0 Å². The van der Waals surface area contributed by atoms with Gasteiger partial charge in [-0.1, -0.05) is 54.1 Å². The van der Waals surface area contributed by atoms with Crippen LogP contribution in [0.4, 0.5) is 0 Å². The second kappa shape index (κ2) is 5.37. The Morgan fingerprint density at radius 1 is 1.14 bits per heavy atom. The molecule has 4 rings (SSSR count). The quantitative estimate of drug-likeness (QED) is 0.690. The van der Waals surface area contributed by atoms with E-state index in [1.54, 1.807) is 0 Å². The maximum Gasteiger partial charge on any atom is 0.172 e. The molecule has 1 saturated carbocycles. The molecule has 0 amide bonds. The van der Waals surface area contributed by atoms with Crippen LogP contribution in [0.5, 0.6) is 0 Å². The number of hydrogen-bond acceptors (Lipinski definition) is 3. The molecule has 0 saturated heterocycles. The predicted molar refractivity (Wildman–Crippen MR) is 85.1 cm³/mol. The number of rotatable bonds is 4. The highest BCUT2D eigenvalue weighted by Crippen LogP contribution is 2.37. The molecule has 3 aromatic rings. The van der Waals surface area contributed by atoms with Crippen LogP contribution in [0, 0.1) is 0 Å². The number of hydrogen-bond donors (Lipinski definition) is 0. The number of carbonyl (C=O) groups is 1. The Morgan fingerprint density at radius 3 is 2.73 bits per heavy atom. The summed E-state index contributed by atoms with van der Waals surface area (Å²) in [5.41, 5.74) is 2.72. The van der Waals surface area contributed by atoms with Crippen molar-refractivity contribution in [1.82, 2.24) is 15.0 Å². The molecule has 0 atom stereocenters. The van der Waals surface area contributed by atoms with Gasteiger partial charge in [0, 0.05) is 5.92 Å². The highest BCUT2D eigenvalue weighted by atomic mass is 16.1. The van der Waals surface area contributed by atoms with Crippen LogP contribution in [0.2, 0.25) is 0 Å². The summed E-state index contributed by atoms with van der Waals surface area (Å²) in [4.78, 5) is 11.2. The average molecular weight is 291 g/mol. The van der Waals surface area contributed by atoms with Crippen LogP contribution in [0.1, 0.15) is 46.9 Å². The lowest BCUT2D eigenvalue weighted by Gasteiger charge is -2.26. The summed E-state index contributed by atoms with van der Waals surface area (Å²) in [7, 11) is 0. The normalized spacial score (nSPS) is 14.9. The largest absolute Gasteiger partial charge is 0.296 e. The van der Waals surface area contributed by atoms with Crippen molar-refractivity contribution in [3.63, 3.8) is 0 Å². The van der Waals surface area contributed by atoms with E-state index >= 15 is 0 Å². The number of aromatic nitrogens is 3. The maximum atomic E-state index is 11.2. The molecule has 1 aromatic heterocycles. The van der Waals surface area contributed by atoms with E-state index in [1.165, 1.54) is 22.8 Å². The maximum absolute atomic E-state index is 11.2. The lowest BCUT2D eigenvalue weighted by Crippen LogP contribution is -2.17. The lowest BCUT2D eigenvalue weighted by atomic mass is 9.82. The van der Waals surface area contributed by atoms with Gasteiger partial charge in [-0.15, -0.1) is 5.10 Å². The molecule has 110 valence electrons. The minimum atomic E-state index is 0.435. The van der Waals surface area contributed by atoms with Gasteiger partial charge in [-0.2, -0.15) is 0 Å². The van der Waals surface area contributed by atoms with Crippen LogP contribution in [0.15, 0.2) is 42.5 Å². The molecule has 2 aromatic carbocycles. The fraction of sp³-hybridized carbons (Fsp3) is 0.278. The third kappa shape index (κ3) is 2.11. The Morgan fingerprint density at radius 2 is 1.95 bits per heavy atom. The van der Waals surface area contributed by atoms with E-state index in [0.29, 0.717) is 18.2 Å². The third-order valence-corrected chi connectivity index (χ3v) is 4.60. The molecule has 0 bridgehead atoms. The molecule has 1 heterocycles. The summed E-state index contributed by atoms with van der Waals surface area (Å²) >= 11 is 0. The van der Waals surface area contributed by atoms with E-state index in [2.05, 4.69) is 46.7 Å². The molecule has 1 aliphatic rings. The highest BCUT2D eigenvalue weighted by molar-refractivity contribution is 5.85. The van der Waals surface area contributed by atoms with Crippen molar-refractivity contribution in [2.45, 2.75) is 31.7 Å². The van der Waals surface area contributed by atoms with Crippen LogP contribution in [0.3, 0.4) is 0 Å². The molecule has 22 heavy (non-hydrogen) atoms. The Balaban J connectivity index is 1.77. The van der Waals surface area contributed by atoms with Crippen molar-refractivity contribution in [3.05, 3.63) is 59.4 Å². The number of nitrogens with zero attached hydrogens (tertiary/aromatic N) is 3. The molecular weight excluding hydrogens is 274 g/mol. The minimum absolute atomic E-state index is 0.435. The Bertz CT molecular complexity index is 828. The third-order valence-electron chi connectivity index (χ3n) is 4.60. The van der Waals surface area contributed by atoms with Crippen LogP contribution >= 0.6 is 0 Å². The molecular formula is C18H17N3O. The zero-order valence-electron chi connectivity index (χ0n) is 12.3. The average Bonchev–Trinajstić information content (AvgIpc) is 2.89. The molecule has 0 unspecified atom stereocenters. The van der Waals surface area contributed by atoms with E-state index < -0.39 is 0 Å². The van der Waals surface area contributed by atoms with Gasteiger partial charge in [-0.05, 0) is 29.2 Å². The standard InChI is InChI=1S/C18H17N3O/c22-12-17-18(14-7-4-8-14)21(20-19-17)11-15-9-3-6-13-5-1-2-10-16(13)15/h1-3,5-6,9-10,12,14H,4,7-8,11H2. The van der Waals surface area contributed by atoms with E-state index in [-0.39, 0.29) is 0 Å². The molecule has 0 spiro atoms. The summed E-state index contributed by atoms with van der Waals surface area (Å²) in [6.07, 6.45) is 4.32. The number of fused-ring (bicyclic) bond motifs is 1. The van der Waals surface area contributed by atoms with Gasteiger partial charge < -0.3 is 0 Å². The smallest absolute Gasteiger partial charge is 0.172 e. The van der Waals surface area contributed by atoms with Crippen LogP contribution in [-0.4, -0.2) is 21.3 Å². The van der Waals surface area contributed by atoms with Crippen LogP contribution in [-0.2, 0) is 6.54 Å². The van der Waals surface area contributed by atoms with Gasteiger partial charge in [0.15, 0.2) is 6.29 Å². The fourth-order valence-corrected chi connectivity index (χ4v) is 3.23. The first kappa shape index (κ1) is 13.2. The van der Waals surface area contributed by atoms with Gasteiger partial charge in [0.1, 0.15) is 5.69 Å². The van der Waals surface area contributed by atoms with Gasteiger partial charge >= 0.3 is 0 Å². The Kier molecular flexibility index (Phi) is 3.22. The first-order chi connectivity index (χ1) is 10.9. The summed E-state index contributed by atoms with van der Waals surface area (Å²) in [6, 6.07) is 14.6. The molecule has 0 radical (unpaired) electrons. The van der Waals surface area contributed by atoms with Gasteiger partial charge in [0.2, 0.25) is 0 Å². The molecule has 0 aliphatic heterocycles. The van der Waals surface area contributed by atoms with Gasteiger partial charge in [-0.25, -0.2) is 4.68 Å². The fourth-order valence-electron chi connectivity index (χ4n) is 3.23. The molecule has 1 fully saturated rings. The van der Waals surface area contributed by atoms with Gasteiger partial charge in [-0.3, -0.25) is 4.79 Å². The number of benzene rings is 2. The zero-order valence-corrected chi connectivity index (χ0v) is 12.3. The SMILES string of the molecule is O=Cc1nnn(Cc2cccc3ccccc23)c1C1CCC1. The van der Waals surface area contributed by atoms with Crippen molar-refractivity contribution < 1.29 is 4.79 Å². The van der Waals surface area contributed by atoms with Gasteiger partial charge in [0.25, 0.3) is 0 Å². The van der Waals surface area contributed by atoms with E-state index in [1.807, 2.05) is 10.7 Å². The minimum Gasteiger partial charge on any atom is -0.296 e. The first-order valence-corrected chi connectivity index (χ1v) is 7.72. The van der Waals surface area contributed by atoms with Crippen molar-refractivity contribution >= 4 is 17.1 Å². The van der Waals surface area contributed by atoms with E-state index in [4.69, 9.17) is 0 Å². The Hall–Kier alpha value is -2.49. The number of aldehydes is 1. The lowest BCUT2D eigenvalue weighted by molar-refractivity contribution is 0.111. The zero-order chi connectivity index (χ0) is 14.9. The van der Waals surface area contributed by atoms with Gasteiger partial charge in [0.05, 0.1) is 12.2 Å². The topological polar surface area (TPSA) is 47.8 Å². The Labute approximate surface area is 128 Å². The van der Waals surface area contributed by atoms with E-state index in [9.17, 15) is 4.79 Å². The van der Waals surface area contributed by atoms with Crippen LogP contribution < -0.4 is 0 Å². The summed E-state index contributed by atoms with van der Waals surface area (Å²) in [5.74, 6) is 0.435. The first-order valence-electron chi connectivity index (χ1n) is 7.72. The van der Waals surface area contributed by atoms with Crippen LogP contribution in [0.25, 0.3) is 10.8 Å². The second-order valence-corrected chi connectivity index (χ2v) is 5.90. The monoisotopic (exact) mass is 291 g/mol. The van der Waals surface area contributed by atoms with Crippen molar-refractivity contribution in [1.29, 1.82) is 0 Å². The summed E-state index contributed by atoms with van der Waals surface area (Å²) in [5, 5.41) is 10.7. The number of carbonyl (C=O) groups excluding carboxylic acids is 1. The molecule has 1 aliphatic carbocycles. The van der Waals surface area contributed by atoms with Crippen molar-refractivity contribution in [2.75, 3.05) is 0 Å². The molecule has 4 nitrogen and oxygen atoms in total. The second-order valence-electron chi connectivity index (χ2n) is 5.90. The highest BCUT2D eigenvalue weighted by Gasteiger charge is 2.27. The molecule has 4 heteroatoms. The summed E-state index contributed by atoms with van der Waals surface area (Å²) in [6.45, 7) is 0.661. The predicted octanol–water partition coefficient (Wildman–Crippen LogP) is 3.56. The van der Waals surface area contributed by atoms with Crippen molar-refractivity contribution in [2.24, 2.45) is 0 Å². The van der Waals surface area contributed by atoms with E-state index in [0.717, 1.165) is 24.8 Å². The molecule has 0 N–H and O–H groups in total.